The number of aromatic nitrogens is 5. The summed E-state index contributed by atoms with van der Waals surface area (Å²) < 4.78 is 2.34. The largest absolute Gasteiger partial charge is 0.393 e. The average Bonchev–Trinajstić information content (AvgIpc) is 3.28. The Morgan fingerprint density at radius 3 is 2.64 bits per heavy atom. The highest BCUT2D eigenvalue weighted by Gasteiger charge is 2.30. The molecular formula is C27H37N7O2. The van der Waals surface area contributed by atoms with Gasteiger partial charge in [0.05, 0.1) is 6.10 Å². The number of anilines is 1. The molecular weight excluding hydrogens is 454 g/mol. The number of hydrogen-bond donors (Lipinski definition) is 2. The number of nitrogens with one attached hydrogen (secondary N) is 1. The van der Waals surface area contributed by atoms with Crippen molar-refractivity contribution < 1.29 is 9.90 Å². The van der Waals surface area contributed by atoms with E-state index in [0.717, 1.165) is 62.4 Å². The van der Waals surface area contributed by atoms with Gasteiger partial charge in [-0.2, -0.15) is 4.98 Å². The number of carbonyl (C=O) groups excluding carboxylic acids is 1. The number of aliphatic hydroxyl groups is 1. The van der Waals surface area contributed by atoms with E-state index in [1.165, 1.54) is 11.9 Å². The molecule has 1 saturated carbocycles. The number of hydrogen-bond acceptors (Lipinski definition) is 7. The van der Waals surface area contributed by atoms with E-state index in [1.807, 2.05) is 11.1 Å². The Morgan fingerprint density at radius 1 is 1.17 bits per heavy atom. The lowest BCUT2D eigenvalue weighted by atomic mass is 9.89. The minimum atomic E-state index is -0.193. The summed E-state index contributed by atoms with van der Waals surface area (Å²) in [5, 5.41) is 14.6. The number of aliphatic hydroxyl groups excluding tert-OH is 1. The van der Waals surface area contributed by atoms with Gasteiger partial charge in [0.2, 0.25) is 5.95 Å². The van der Waals surface area contributed by atoms with Crippen LogP contribution < -0.4 is 5.32 Å². The second-order valence-corrected chi connectivity index (χ2v) is 10.4. The molecule has 3 aromatic rings. The Balaban J connectivity index is 1.39. The van der Waals surface area contributed by atoms with Gasteiger partial charge in [0.15, 0.2) is 0 Å². The topological polar surface area (TPSA) is 109 Å². The van der Waals surface area contributed by atoms with Gasteiger partial charge in [-0.15, -0.1) is 0 Å². The summed E-state index contributed by atoms with van der Waals surface area (Å²) in [6.45, 7) is 5.75. The van der Waals surface area contributed by atoms with Crippen LogP contribution >= 0.6 is 0 Å². The lowest BCUT2D eigenvalue weighted by Crippen LogP contribution is -2.38. The molecule has 9 heteroatoms. The lowest BCUT2D eigenvalue weighted by molar-refractivity contribution is 0.0707. The standard InChI is InChI=1S/C27H37N7O2/c1-3-4-18(2)31-27-29-15-22-23(16-34(25(22)32-27)20-5-7-21(35)8-6-20)19-10-13-33(14-11-19)26(36)24-9-12-28-17-30-24/h9,12,15-21,35H,3-8,10-11,13-14H2,1-2H3,(H,29,31,32)/t18-,20-,21-/m0/s1. The Labute approximate surface area is 212 Å². The van der Waals surface area contributed by atoms with E-state index in [1.54, 1.807) is 12.3 Å². The first-order valence-corrected chi connectivity index (χ1v) is 13.4. The maximum atomic E-state index is 12.8. The summed E-state index contributed by atoms with van der Waals surface area (Å²) in [6.07, 6.45) is 14.6. The van der Waals surface area contributed by atoms with Gasteiger partial charge in [0, 0.05) is 49.1 Å². The summed E-state index contributed by atoms with van der Waals surface area (Å²) in [7, 11) is 0. The molecule has 1 amide bonds. The molecule has 0 aromatic carbocycles. The van der Waals surface area contributed by atoms with Crippen LogP contribution in [0.3, 0.4) is 0 Å². The number of rotatable bonds is 7. The normalized spacial score (nSPS) is 22.0. The average molecular weight is 492 g/mol. The van der Waals surface area contributed by atoms with Gasteiger partial charge in [-0.05, 0) is 69.4 Å². The fourth-order valence-electron chi connectivity index (χ4n) is 5.76. The number of nitrogens with zero attached hydrogens (tertiary/aromatic N) is 6. The Bertz CT molecular complexity index is 1170. The maximum Gasteiger partial charge on any atom is 0.272 e. The molecule has 1 atom stereocenters. The van der Waals surface area contributed by atoms with Crippen molar-refractivity contribution in [1.29, 1.82) is 0 Å². The lowest BCUT2D eigenvalue weighted by Gasteiger charge is -2.31. The zero-order valence-corrected chi connectivity index (χ0v) is 21.3. The van der Waals surface area contributed by atoms with E-state index in [4.69, 9.17) is 4.98 Å². The molecule has 1 aliphatic heterocycles. The van der Waals surface area contributed by atoms with Crippen molar-refractivity contribution >= 4 is 22.9 Å². The Hall–Kier alpha value is -3.07. The van der Waals surface area contributed by atoms with E-state index in [2.05, 4.69) is 44.9 Å². The van der Waals surface area contributed by atoms with Crippen molar-refractivity contribution in [2.24, 2.45) is 0 Å². The van der Waals surface area contributed by atoms with E-state index in [-0.39, 0.29) is 12.0 Å². The van der Waals surface area contributed by atoms with Crippen LogP contribution in [-0.2, 0) is 0 Å². The smallest absolute Gasteiger partial charge is 0.272 e. The maximum absolute atomic E-state index is 12.8. The molecule has 9 nitrogen and oxygen atoms in total. The highest BCUT2D eigenvalue weighted by atomic mass is 16.3. The molecule has 5 rings (SSSR count). The summed E-state index contributed by atoms with van der Waals surface area (Å²) in [6, 6.07) is 2.32. The van der Waals surface area contributed by atoms with Gasteiger partial charge < -0.3 is 19.9 Å². The third kappa shape index (κ3) is 5.21. The molecule has 192 valence electrons. The minimum Gasteiger partial charge on any atom is -0.393 e. The van der Waals surface area contributed by atoms with Gasteiger partial charge in [-0.1, -0.05) is 13.3 Å². The number of amides is 1. The molecule has 0 bridgehead atoms. The molecule has 0 spiro atoms. The second kappa shape index (κ2) is 10.9. The van der Waals surface area contributed by atoms with Crippen molar-refractivity contribution in [3.05, 3.63) is 42.2 Å². The predicted molar refractivity (Wildman–Crippen MR) is 139 cm³/mol. The molecule has 1 saturated heterocycles. The van der Waals surface area contributed by atoms with Crippen LogP contribution in [0.1, 0.15) is 93.2 Å². The third-order valence-electron chi connectivity index (χ3n) is 7.78. The van der Waals surface area contributed by atoms with Crippen molar-refractivity contribution in [1.82, 2.24) is 29.4 Å². The number of likely N-dealkylation sites (tertiary alicyclic amines) is 1. The fourth-order valence-corrected chi connectivity index (χ4v) is 5.76. The summed E-state index contributed by atoms with van der Waals surface area (Å²) in [5.41, 5.74) is 2.70. The van der Waals surface area contributed by atoms with Gasteiger partial charge in [-0.3, -0.25) is 4.79 Å². The minimum absolute atomic E-state index is 0.0284. The molecule has 2 N–H and O–H groups in total. The van der Waals surface area contributed by atoms with Crippen LogP contribution in [0.25, 0.3) is 11.0 Å². The zero-order valence-electron chi connectivity index (χ0n) is 21.3. The van der Waals surface area contributed by atoms with Crippen LogP contribution in [-0.4, -0.2) is 65.7 Å². The van der Waals surface area contributed by atoms with Crippen LogP contribution in [0.15, 0.2) is 31.0 Å². The number of fused-ring (bicyclic) bond motifs is 1. The van der Waals surface area contributed by atoms with E-state index >= 15 is 0 Å². The van der Waals surface area contributed by atoms with Crippen molar-refractivity contribution in [2.45, 2.75) is 89.3 Å². The second-order valence-electron chi connectivity index (χ2n) is 10.4. The van der Waals surface area contributed by atoms with E-state index < -0.39 is 0 Å². The van der Waals surface area contributed by atoms with Crippen LogP contribution in [0.4, 0.5) is 5.95 Å². The zero-order chi connectivity index (χ0) is 25.1. The summed E-state index contributed by atoms with van der Waals surface area (Å²) >= 11 is 0. The van der Waals surface area contributed by atoms with Gasteiger partial charge >= 0.3 is 0 Å². The molecule has 0 radical (unpaired) electrons. The summed E-state index contributed by atoms with van der Waals surface area (Å²) in [4.78, 5) is 32.5. The first-order chi connectivity index (χ1) is 17.5. The van der Waals surface area contributed by atoms with Crippen molar-refractivity contribution in [2.75, 3.05) is 18.4 Å². The van der Waals surface area contributed by atoms with Crippen LogP contribution in [0, 0.1) is 0 Å². The van der Waals surface area contributed by atoms with Gasteiger partial charge in [0.25, 0.3) is 5.91 Å². The highest BCUT2D eigenvalue weighted by Crippen LogP contribution is 2.38. The molecule has 1 aliphatic carbocycles. The van der Waals surface area contributed by atoms with Crippen molar-refractivity contribution in [3.8, 4) is 0 Å². The number of piperidine rings is 1. The predicted octanol–water partition coefficient (Wildman–Crippen LogP) is 4.32. The first kappa shape index (κ1) is 24.6. The molecule has 2 fully saturated rings. The Morgan fingerprint density at radius 2 is 1.94 bits per heavy atom. The Kier molecular flexibility index (Phi) is 7.46. The molecule has 0 unspecified atom stereocenters. The monoisotopic (exact) mass is 491 g/mol. The van der Waals surface area contributed by atoms with Crippen molar-refractivity contribution in [3.63, 3.8) is 0 Å². The quantitative estimate of drug-likeness (QED) is 0.507. The van der Waals surface area contributed by atoms with E-state index in [9.17, 15) is 9.90 Å². The fraction of sp³-hybridized carbons (Fsp3) is 0.593. The van der Waals surface area contributed by atoms with Gasteiger partial charge in [0.1, 0.15) is 17.7 Å². The highest BCUT2D eigenvalue weighted by molar-refractivity contribution is 5.92. The number of carbonyl (C=O) groups is 1. The molecule has 4 heterocycles. The van der Waals surface area contributed by atoms with E-state index in [0.29, 0.717) is 42.7 Å². The summed E-state index contributed by atoms with van der Waals surface area (Å²) in [5.74, 6) is 0.994. The molecule has 2 aliphatic rings. The van der Waals surface area contributed by atoms with Gasteiger partial charge in [-0.25, -0.2) is 15.0 Å². The van der Waals surface area contributed by atoms with Crippen LogP contribution in [0.2, 0.25) is 0 Å². The molecule has 3 aromatic heterocycles. The SMILES string of the molecule is CCC[C@H](C)Nc1ncc2c(C3CCN(C(=O)c4ccncn4)CC3)cn([C@H]3CC[C@H](O)CC3)c2n1. The molecule has 36 heavy (non-hydrogen) atoms. The third-order valence-corrected chi connectivity index (χ3v) is 7.78. The first-order valence-electron chi connectivity index (χ1n) is 13.4. The van der Waals surface area contributed by atoms with Crippen LogP contribution in [0.5, 0.6) is 0 Å².